The van der Waals surface area contributed by atoms with Crippen LogP contribution in [0.25, 0.3) is 0 Å². The number of carbonyl (C=O) groups excluding carboxylic acids is 1. The average Bonchev–Trinajstić information content (AvgIpc) is 2.11. The number of hydrogen-bond donors (Lipinski definition) is 1. The summed E-state index contributed by atoms with van der Waals surface area (Å²) in [5.74, 6) is 0.656. The number of carbonyl (C=O) groups is 1. The van der Waals surface area contributed by atoms with Gasteiger partial charge in [-0.05, 0) is 32.9 Å². The van der Waals surface area contributed by atoms with Crippen molar-refractivity contribution >= 4 is 11.5 Å². The van der Waals surface area contributed by atoms with E-state index in [0.717, 1.165) is 5.56 Å². The summed E-state index contributed by atoms with van der Waals surface area (Å²) in [5.41, 5.74) is 7.81. The van der Waals surface area contributed by atoms with Gasteiger partial charge in [0.1, 0.15) is 5.75 Å². The van der Waals surface area contributed by atoms with Gasteiger partial charge in [0.25, 0.3) is 0 Å². The van der Waals surface area contributed by atoms with E-state index in [2.05, 4.69) is 0 Å². The molecule has 3 nitrogen and oxygen atoms in total. The molecule has 0 heterocycles. The lowest BCUT2D eigenvalue weighted by atomic mass is 10.0. The number of nitrogens with two attached hydrogens (primary N) is 1. The maximum atomic E-state index is 11.2. The maximum Gasteiger partial charge on any atom is 0.160 e. The van der Waals surface area contributed by atoms with Crippen LogP contribution in [0.3, 0.4) is 0 Å². The fourth-order valence-corrected chi connectivity index (χ4v) is 1.43. The largest absolute Gasteiger partial charge is 0.491 e. The Hall–Kier alpha value is -1.51. The fourth-order valence-electron chi connectivity index (χ4n) is 1.43. The van der Waals surface area contributed by atoms with Crippen LogP contribution < -0.4 is 10.5 Å². The van der Waals surface area contributed by atoms with Crippen molar-refractivity contribution in [3.8, 4) is 5.75 Å². The van der Waals surface area contributed by atoms with Crippen molar-refractivity contribution in [1.29, 1.82) is 0 Å². The van der Waals surface area contributed by atoms with Crippen molar-refractivity contribution < 1.29 is 9.53 Å². The molecule has 0 fully saturated rings. The third kappa shape index (κ3) is 1.87. The predicted molar refractivity (Wildman–Crippen MR) is 56.8 cm³/mol. The molecule has 0 saturated carbocycles. The smallest absolute Gasteiger partial charge is 0.160 e. The van der Waals surface area contributed by atoms with Crippen LogP contribution in [0.5, 0.6) is 5.75 Å². The van der Waals surface area contributed by atoms with Crippen molar-refractivity contribution in [3.63, 3.8) is 0 Å². The first kappa shape index (κ1) is 10.6. The number of rotatable bonds is 3. The van der Waals surface area contributed by atoms with Gasteiger partial charge >= 0.3 is 0 Å². The molecule has 0 aromatic heterocycles. The number of Topliss-reactive ketones (excluding diaryl/α,β-unsaturated/α-hetero) is 1. The molecule has 76 valence electrons. The van der Waals surface area contributed by atoms with E-state index in [4.69, 9.17) is 10.5 Å². The molecule has 2 N–H and O–H groups in total. The van der Waals surface area contributed by atoms with Gasteiger partial charge in [-0.15, -0.1) is 0 Å². The highest BCUT2D eigenvalue weighted by Crippen LogP contribution is 2.28. The molecule has 14 heavy (non-hydrogen) atoms. The second-order valence-electron chi connectivity index (χ2n) is 3.15. The van der Waals surface area contributed by atoms with Crippen LogP contribution in [-0.4, -0.2) is 12.4 Å². The van der Waals surface area contributed by atoms with E-state index in [-0.39, 0.29) is 5.78 Å². The van der Waals surface area contributed by atoms with Crippen molar-refractivity contribution in [2.45, 2.75) is 20.8 Å². The Balaban J connectivity index is 3.26. The van der Waals surface area contributed by atoms with E-state index in [1.54, 1.807) is 12.1 Å². The van der Waals surface area contributed by atoms with Crippen LogP contribution in [0.4, 0.5) is 5.69 Å². The van der Waals surface area contributed by atoms with Gasteiger partial charge in [-0.1, -0.05) is 0 Å². The highest BCUT2D eigenvalue weighted by Gasteiger charge is 2.11. The van der Waals surface area contributed by atoms with Gasteiger partial charge in [0.05, 0.1) is 12.3 Å². The molecule has 0 unspecified atom stereocenters. The number of nitrogen functional groups attached to an aromatic ring is 1. The van der Waals surface area contributed by atoms with Crippen LogP contribution in [0.1, 0.15) is 29.8 Å². The molecule has 0 amide bonds. The molecule has 3 heteroatoms. The lowest BCUT2D eigenvalue weighted by Gasteiger charge is -2.12. The first-order chi connectivity index (χ1) is 6.57. The molecule has 0 radical (unpaired) electrons. The Morgan fingerprint density at radius 1 is 1.50 bits per heavy atom. The summed E-state index contributed by atoms with van der Waals surface area (Å²) in [4.78, 5) is 11.2. The molecule has 1 aromatic rings. The molecule has 0 bridgehead atoms. The maximum absolute atomic E-state index is 11.2. The molecular weight excluding hydrogens is 178 g/mol. The number of anilines is 1. The number of benzene rings is 1. The lowest BCUT2D eigenvalue weighted by molar-refractivity contribution is 0.101. The zero-order valence-corrected chi connectivity index (χ0v) is 8.76. The number of ketones is 1. The zero-order chi connectivity index (χ0) is 10.7. The second-order valence-corrected chi connectivity index (χ2v) is 3.15. The molecule has 0 spiro atoms. The Bertz CT molecular complexity index is 359. The minimum absolute atomic E-state index is 0.0310. The van der Waals surface area contributed by atoms with Gasteiger partial charge in [-0.3, -0.25) is 4.79 Å². The second kappa shape index (κ2) is 4.13. The van der Waals surface area contributed by atoms with Crippen molar-refractivity contribution in [3.05, 3.63) is 23.3 Å². The summed E-state index contributed by atoms with van der Waals surface area (Å²) in [6.45, 7) is 5.82. The molecule has 1 rings (SSSR count). The normalized spacial score (nSPS) is 9.93. The highest BCUT2D eigenvalue weighted by molar-refractivity contribution is 5.96. The summed E-state index contributed by atoms with van der Waals surface area (Å²) >= 11 is 0. The van der Waals surface area contributed by atoms with Gasteiger partial charge in [0, 0.05) is 11.1 Å². The minimum atomic E-state index is 0.0310. The number of hydrogen-bond acceptors (Lipinski definition) is 3. The van der Waals surface area contributed by atoms with Crippen molar-refractivity contribution in [2.75, 3.05) is 12.3 Å². The monoisotopic (exact) mass is 193 g/mol. The van der Waals surface area contributed by atoms with Crippen LogP contribution in [0.2, 0.25) is 0 Å². The fraction of sp³-hybridized carbons (Fsp3) is 0.364. The van der Waals surface area contributed by atoms with E-state index in [1.807, 2.05) is 13.8 Å². The summed E-state index contributed by atoms with van der Waals surface area (Å²) in [6.07, 6.45) is 0. The SMILES string of the molecule is CCOc1c(N)ccc(C(C)=O)c1C. The standard InChI is InChI=1S/C11H15NO2/c1-4-14-11-7(2)9(8(3)13)5-6-10(11)12/h5-6H,4,12H2,1-3H3. The Labute approximate surface area is 83.9 Å². The summed E-state index contributed by atoms with van der Waals surface area (Å²) < 4.78 is 5.38. The molecule has 0 atom stereocenters. The summed E-state index contributed by atoms with van der Waals surface area (Å²) in [6, 6.07) is 3.43. The van der Waals surface area contributed by atoms with Gasteiger partial charge < -0.3 is 10.5 Å². The van der Waals surface area contributed by atoms with Crippen molar-refractivity contribution in [1.82, 2.24) is 0 Å². The van der Waals surface area contributed by atoms with Crippen LogP contribution in [0, 0.1) is 6.92 Å². The van der Waals surface area contributed by atoms with Gasteiger partial charge in [0.15, 0.2) is 5.78 Å². The Kier molecular flexibility index (Phi) is 3.12. The van der Waals surface area contributed by atoms with E-state index in [1.165, 1.54) is 6.92 Å². The first-order valence-corrected chi connectivity index (χ1v) is 4.60. The van der Waals surface area contributed by atoms with Crippen LogP contribution >= 0.6 is 0 Å². The van der Waals surface area contributed by atoms with E-state index >= 15 is 0 Å². The van der Waals surface area contributed by atoms with Gasteiger partial charge in [-0.2, -0.15) is 0 Å². The Morgan fingerprint density at radius 3 is 2.64 bits per heavy atom. The van der Waals surface area contributed by atoms with Gasteiger partial charge in [-0.25, -0.2) is 0 Å². The quantitative estimate of drug-likeness (QED) is 0.591. The first-order valence-electron chi connectivity index (χ1n) is 4.60. The molecule has 0 aliphatic heterocycles. The number of ether oxygens (including phenoxy) is 1. The van der Waals surface area contributed by atoms with E-state index in [0.29, 0.717) is 23.6 Å². The van der Waals surface area contributed by atoms with Crippen molar-refractivity contribution in [2.24, 2.45) is 0 Å². The van der Waals surface area contributed by atoms with Gasteiger partial charge in [0.2, 0.25) is 0 Å². The third-order valence-corrected chi connectivity index (χ3v) is 2.10. The Morgan fingerprint density at radius 2 is 2.14 bits per heavy atom. The minimum Gasteiger partial charge on any atom is -0.491 e. The topological polar surface area (TPSA) is 52.3 Å². The molecular formula is C11H15NO2. The summed E-state index contributed by atoms with van der Waals surface area (Å²) in [5, 5.41) is 0. The van der Waals surface area contributed by atoms with Crippen LogP contribution in [-0.2, 0) is 0 Å². The summed E-state index contributed by atoms with van der Waals surface area (Å²) in [7, 11) is 0. The zero-order valence-electron chi connectivity index (χ0n) is 8.76. The van der Waals surface area contributed by atoms with Crippen LogP contribution in [0.15, 0.2) is 12.1 Å². The van der Waals surface area contributed by atoms with E-state index < -0.39 is 0 Å². The lowest BCUT2D eigenvalue weighted by Crippen LogP contribution is -2.04. The predicted octanol–water partition coefficient (Wildman–Crippen LogP) is 2.18. The molecule has 0 saturated heterocycles. The molecule has 1 aromatic carbocycles. The molecule has 0 aliphatic carbocycles. The highest BCUT2D eigenvalue weighted by atomic mass is 16.5. The third-order valence-electron chi connectivity index (χ3n) is 2.10. The average molecular weight is 193 g/mol. The molecule has 0 aliphatic rings. The van der Waals surface area contributed by atoms with E-state index in [9.17, 15) is 4.79 Å².